The third-order valence-corrected chi connectivity index (χ3v) is 4.91. The molecule has 0 bridgehead atoms. The van der Waals surface area contributed by atoms with Crippen LogP contribution in [-0.2, 0) is 13.0 Å². The van der Waals surface area contributed by atoms with Crippen molar-refractivity contribution in [1.29, 1.82) is 0 Å². The van der Waals surface area contributed by atoms with E-state index in [1.807, 2.05) is 28.8 Å². The number of halogens is 1. The molecule has 0 spiro atoms. The lowest BCUT2D eigenvalue weighted by Crippen LogP contribution is -2.37. The largest absolute Gasteiger partial charge is 0.356 e. The molecule has 0 saturated heterocycles. The third kappa shape index (κ3) is 5.86. The molecule has 7 nitrogen and oxygen atoms in total. The zero-order valence-corrected chi connectivity index (χ0v) is 19.0. The fourth-order valence-corrected chi connectivity index (χ4v) is 3.46. The smallest absolute Gasteiger partial charge is 0.191 e. The van der Waals surface area contributed by atoms with Gasteiger partial charge in [-0.15, -0.1) is 45.5 Å². The van der Waals surface area contributed by atoms with Gasteiger partial charge in [-0.05, 0) is 24.5 Å². The van der Waals surface area contributed by atoms with Gasteiger partial charge in [-0.1, -0.05) is 19.9 Å². The molecule has 2 N–H and O–H groups in total. The molecule has 3 aromatic heterocycles. The monoisotopic (exact) mass is 499 g/mol. The number of thiazole rings is 1. The van der Waals surface area contributed by atoms with Crippen LogP contribution in [0.25, 0.3) is 5.65 Å². The maximum absolute atomic E-state index is 4.63. The van der Waals surface area contributed by atoms with Gasteiger partial charge in [0.15, 0.2) is 11.6 Å². The first kappa shape index (κ1) is 21.5. The van der Waals surface area contributed by atoms with Crippen molar-refractivity contribution in [2.75, 3.05) is 13.6 Å². The number of pyridine rings is 1. The Hall–Kier alpha value is -1.75. The van der Waals surface area contributed by atoms with Crippen LogP contribution in [0.3, 0.4) is 0 Å². The fraction of sp³-hybridized carbons (Fsp3) is 0.444. The van der Waals surface area contributed by atoms with Gasteiger partial charge in [-0.2, -0.15) is 0 Å². The van der Waals surface area contributed by atoms with Crippen LogP contribution in [0.2, 0.25) is 0 Å². The average Bonchev–Trinajstić information content (AvgIpc) is 3.28. The van der Waals surface area contributed by atoms with Crippen LogP contribution in [0, 0.1) is 0 Å². The van der Waals surface area contributed by atoms with Crippen LogP contribution in [-0.4, -0.2) is 39.1 Å². The van der Waals surface area contributed by atoms with Crippen molar-refractivity contribution in [3.8, 4) is 0 Å². The molecule has 0 aliphatic carbocycles. The SMILES string of the molecule is CN=C(NCCCc1nnc2ccccn12)NCc1nc(C(C)C)cs1.I. The zero-order valence-electron chi connectivity index (χ0n) is 15.8. The van der Waals surface area contributed by atoms with E-state index in [9.17, 15) is 0 Å². The normalized spacial score (nSPS) is 11.6. The summed E-state index contributed by atoms with van der Waals surface area (Å²) in [5.74, 6) is 2.23. The van der Waals surface area contributed by atoms with E-state index in [4.69, 9.17) is 0 Å². The second-order valence-corrected chi connectivity index (χ2v) is 7.26. The van der Waals surface area contributed by atoms with Crippen molar-refractivity contribution in [3.63, 3.8) is 0 Å². The number of guanidine groups is 1. The molecule has 0 radical (unpaired) electrons. The molecule has 0 atom stereocenters. The van der Waals surface area contributed by atoms with Gasteiger partial charge in [-0.25, -0.2) is 4.98 Å². The second kappa shape index (κ2) is 10.5. The highest BCUT2D eigenvalue weighted by atomic mass is 127. The van der Waals surface area contributed by atoms with E-state index in [1.165, 1.54) is 0 Å². The minimum absolute atomic E-state index is 0. The van der Waals surface area contributed by atoms with Crippen molar-refractivity contribution in [3.05, 3.63) is 46.3 Å². The van der Waals surface area contributed by atoms with Crippen LogP contribution in [0.4, 0.5) is 0 Å². The summed E-state index contributed by atoms with van der Waals surface area (Å²) in [5.41, 5.74) is 2.03. The Balaban J connectivity index is 0.00000261. The number of hydrogen-bond donors (Lipinski definition) is 2. The molecule has 0 amide bonds. The summed E-state index contributed by atoms with van der Waals surface area (Å²) < 4.78 is 2.03. The Kier molecular flexibility index (Phi) is 8.42. The molecule has 0 aliphatic rings. The van der Waals surface area contributed by atoms with Crippen molar-refractivity contribution < 1.29 is 0 Å². The molecule has 3 aromatic rings. The second-order valence-electron chi connectivity index (χ2n) is 6.32. The maximum atomic E-state index is 4.63. The highest BCUT2D eigenvalue weighted by Crippen LogP contribution is 2.17. The Morgan fingerprint density at radius 1 is 1.26 bits per heavy atom. The Morgan fingerprint density at radius 2 is 2.11 bits per heavy atom. The Bertz CT molecular complexity index is 871. The lowest BCUT2D eigenvalue weighted by Gasteiger charge is -2.10. The minimum atomic E-state index is 0. The van der Waals surface area contributed by atoms with Gasteiger partial charge in [0, 0.05) is 31.6 Å². The summed E-state index contributed by atoms with van der Waals surface area (Å²) in [6.45, 7) is 5.82. The predicted molar refractivity (Wildman–Crippen MR) is 121 cm³/mol. The quantitative estimate of drug-likeness (QED) is 0.226. The first-order chi connectivity index (χ1) is 12.7. The van der Waals surface area contributed by atoms with Crippen LogP contribution < -0.4 is 10.6 Å². The van der Waals surface area contributed by atoms with Crippen LogP contribution >= 0.6 is 35.3 Å². The molecular formula is C18H26IN7S. The summed E-state index contributed by atoms with van der Waals surface area (Å²) in [7, 11) is 1.78. The van der Waals surface area contributed by atoms with Gasteiger partial charge in [0.05, 0.1) is 12.2 Å². The van der Waals surface area contributed by atoms with Crippen LogP contribution in [0.5, 0.6) is 0 Å². The summed E-state index contributed by atoms with van der Waals surface area (Å²) >= 11 is 1.68. The highest BCUT2D eigenvalue weighted by molar-refractivity contribution is 14.0. The fourth-order valence-electron chi connectivity index (χ4n) is 2.57. The van der Waals surface area contributed by atoms with E-state index in [1.54, 1.807) is 18.4 Å². The zero-order chi connectivity index (χ0) is 18.4. The number of hydrogen-bond acceptors (Lipinski definition) is 5. The number of fused-ring (bicyclic) bond motifs is 1. The molecule has 27 heavy (non-hydrogen) atoms. The van der Waals surface area contributed by atoms with Crippen molar-refractivity contribution in [1.82, 2.24) is 30.2 Å². The molecule has 0 aliphatic heterocycles. The van der Waals surface area contributed by atoms with E-state index in [0.29, 0.717) is 12.5 Å². The molecule has 0 fully saturated rings. The van der Waals surface area contributed by atoms with E-state index in [-0.39, 0.29) is 24.0 Å². The lowest BCUT2D eigenvalue weighted by molar-refractivity contribution is 0.712. The van der Waals surface area contributed by atoms with Crippen molar-refractivity contribution >= 4 is 46.9 Å². The topological polar surface area (TPSA) is 79.5 Å². The number of aryl methyl sites for hydroxylation is 1. The van der Waals surface area contributed by atoms with Gasteiger partial charge in [0.2, 0.25) is 0 Å². The van der Waals surface area contributed by atoms with Crippen LogP contribution in [0.1, 0.15) is 42.7 Å². The number of rotatable bonds is 7. The van der Waals surface area contributed by atoms with Crippen LogP contribution in [0.15, 0.2) is 34.8 Å². The molecule has 146 valence electrons. The van der Waals surface area contributed by atoms with E-state index in [2.05, 4.69) is 50.0 Å². The van der Waals surface area contributed by atoms with Crippen molar-refractivity contribution in [2.45, 2.75) is 39.2 Å². The molecule has 0 unspecified atom stereocenters. The number of aromatic nitrogens is 4. The number of nitrogens with zero attached hydrogens (tertiary/aromatic N) is 5. The Labute approximate surface area is 180 Å². The van der Waals surface area contributed by atoms with Gasteiger partial charge in [0.1, 0.15) is 10.8 Å². The first-order valence-electron chi connectivity index (χ1n) is 8.85. The standard InChI is InChI=1S/C18H25N7S.HI/c1-13(2)14-12-26-17(22-14)11-21-18(19-3)20-9-6-8-16-24-23-15-7-4-5-10-25(15)16;/h4-5,7,10,12-13H,6,8-9,11H2,1-3H3,(H2,19,20,21);1H. The molecule has 9 heteroatoms. The Morgan fingerprint density at radius 3 is 2.85 bits per heavy atom. The lowest BCUT2D eigenvalue weighted by atomic mass is 10.2. The van der Waals surface area contributed by atoms with E-state index in [0.717, 1.165) is 47.5 Å². The van der Waals surface area contributed by atoms with Gasteiger partial charge in [-0.3, -0.25) is 9.39 Å². The molecule has 0 saturated carbocycles. The molecule has 3 heterocycles. The third-order valence-electron chi connectivity index (χ3n) is 4.05. The minimum Gasteiger partial charge on any atom is -0.356 e. The molecular weight excluding hydrogens is 473 g/mol. The van der Waals surface area contributed by atoms with Gasteiger partial charge < -0.3 is 10.6 Å². The summed E-state index contributed by atoms with van der Waals surface area (Å²) in [6, 6.07) is 5.93. The highest BCUT2D eigenvalue weighted by Gasteiger charge is 2.07. The molecule has 3 rings (SSSR count). The molecule has 0 aromatic carbocycles. The summed E-state index contributed by atoms with van der Waals surface area (Å²) in [6.07, 6.45) is 3.81. The first-order valence-corrected chi connectivity index (χ1v) is 9.73. The number of aliphatic imine (C=N–C) groups is 1. The van der Waals surface area contributed by atoms with E-state index >= 15 is 0 Å². The average molecular weight is 499 g/mol. The van der Waals surface area contributed by atoms with Crippen molar-refractivity contribution in [2.24, 2.45) is 4.99 Å². The maximum Gasteiger partial charge on any atom is 0.191 e. The van der Waals surface area contributed by atoms with E-state index < -0.39 is 0 Å². The van der Waals surface area contributed by atoms with Gasteiger partial charge >= 0.3 is 0 Å². The summed E-state index contributed by atoms with van der Waals surface area (Å²) in [5, 5.41) is 18.3. The number of nitrogens with one attached hydrogen (secondary N) is 2. The predicted octanol–water partition coefficient (Wildman–Crippen LogP) is 3.23. The van der Waals surface area contributed by atoms with Gasteiger partial charge in [0.25, 0.3) is 0 Å². The summed E-state index contributed by atoms with van der Waals surface area (Å²) in [4.78, 5) is 8.90.